The van der Waals surface area contributed by atoms with E-state index in [9.17, 15) is 9.59 Å². The van der Waals surface area contributed by atoms with Gasteiger partial charge in [0.15, 0.2) is 5.78 Å². The van der Waals surface area contributed by atoms with E-state index in [2.05, 4.69) is 5.32 Å². The summed E-state index contributed by atoms with van der Waals surface area (Å²) in [7, 11) is 1.60. The molecule has 0 atom stereocenters. The minimum Gasteiger partial charge on any atom is -0.497 e. The molecule has 1 aliphatic carbocycles. The zero-order chi connectivity index (χ0) is 17.6. The molecule has 2 fully saturated rings. The summed E-state index contributed by atoms with van der Waals surface area (Å²) in [5.41, 5.74) is 0.636. The van der Waals surface area contributed by atoms with Crippen LogP contribution in [0.25, 0.3) is 0 Å². The van der Waals surface area contributed by atoms with Gasteiger partial charge in [-0.3, -0.25) is 9.59 Å². The molecule has 0 spiro atoms. The summed E-state index contributed by atoms with van der Waals surface area (Å²) in [4.78, 5) is 26.5. The maximum Gasteiger partial charge on any atom is 0.223 e. The van der Waals surface area contributed by atoms with Crippen molar-refractivity contribution in [3.05, 3.63) is 29.8 Å². The summed E-state index contributed by atoms with van der Waals surface area (Å²) >= 11 is 0. The number of carbonyl (C=O) groups excluding carboxylic acids is 2. The van der Waals surface area contributed by atoms with E-state index in [4.69, 9.17) is 4.74 Å². The molecule has 0 radical (unpaired) electrons. The number of hydrogen-bond acceptors (Lipinski definition) is 4. The van der Waals surface area contributed by atoms with Crippen molar-refractivity contribution in [2.24, 2.45) is 5.92 Å². The van der Waals surface area contributed by atoms with Crippen molar-refractivity contribution in [3.63, 3.8) is 0 Å². The Morgan fingerprint density at radius 3 is 2.36 bits per heavy atom. The molecule has 1 heterocycles. The molecule has 2 aliphatic rings. The fourth-order valence-electron chi connectivity index (χ4n) is 3.29. The van der Waals surface area contributed by atoms with Gasteiger partial charge in [-0.15, -0.1) is 0 Å². The van der Waals surface area contributed by atoms with Crippen molar-refractivity contribution in [2.75, 3.05) is 26.7 Å². The summed E-state index contributed by atoms with van der Waals surface area (Å²) in [5.74, 6) is 1.73. The number of Topliss-reactive ketones (excluding diaryl/α,β-unsaturated/α-hetero) is 1. The van der Waals surface area contributed by atoms with Gasteiger partial charge >= 0.3 is 0 Å². The molecule has 1 aromatic rings. The number of hydrogen-bond donors (Lipinski definition) is 1. The number of likely N-dealkylation sites (tertiary alicyclic amines) is 1. The van der Waals surface area contributed by atoms with Crippen molar-refractivity contribution < 1.29 is 14.3 Å². The van der Waals surface area contributed by atoms with Crippen LogP contribution in [0, 0.1) is 5.92 Å². The topological polar surface area (TPSA) is 58.6 Å². The number of amides is 1. The summed E-state index contributed by atoms with van der Waals surface area (Å²) in [6, 6.07) is 7.60. The third-order valence-electron chi connectivity index (χ3n) is 5.22. The monoisotopic (exact) mass is 344 g/mol. The average Bonchev–Trinajstić information content (AvgIpc) is 3.49. The van der Waals surface area contributed by atoms with E-state index < -0.39 is 0 Å². The number of ether oxygens (including phenoxy) is 1. The summed E-state index contributed by atoms with van der Waals surface area (Å²) in [6.45, 7) is 2.74. The minimum atomic E-state index is 0.0111. The fraction of sp³-hybridized carbons (Fsp3) is 0.600. The molecule has 0 bridgehead atoms. The zero-order valence-electron chi connectivity index (χ0n) is 15.0. The number of nitrogens with zero attached hydrogens (tertiary/aromatic N) is 1. The number of benzene rings is 1. The molecule has 1 saturated carbocycles. The highest BCUT2D eigenvalue weighted by molar-refractivity contribution is 5.98. The van der Waals surface area contributed by atoms with Crippen molar-refractivity contribution in [1.82, 2.24) is 10.2 Å². The maximum absolute atomic E-state index is 12.4. The van der Waals surface area contributed by atoms with Gasteiger partial charge in [-0.05, 0) is 62.4 Å². The number of carbonyl (C=O) groups is 2. The predicted octanol–water partition coefficient (Wildman–Crippen LogP) is 2.65. The van der Waals surface area contributed by atoms with E-state index in [1.807, 2.05) is 4.90 Å². The van der Waals surface area contributed by atoms with Crippen LogP contribution in [-0.4, -0.2) is 49.4 Å². The van der Waals surface area contributed by atoms with Crippen LogP contribution in [0.3, 0.4) is 0 Å². The first-order valence-corrected chi connectivity index (χ1v) is 9.34. The van der Waals surface area contributed by atoms with Gasteiger partial charge in [0.25, 0.3) is 0 Å². The number of piperidine rings is 1. The molecule has 5 nitrogen and oxygen atoms in total. The predicted molar refractivity (Wildman–Crippen MR) is 96.9 cm³/mol. The Hall–Kier alpha value is -1.88. The highest BCUT2D eigenvalue weighted by Gasteiger charge is 2.26. The second-order valence-corrected chi connectivity index (χ2v) is 7.16. The Kier molecular flexibility index (Phi) is 6.08. The molecule has 1 amide bonds. The van der Waals surface area contributed by atoms with E-state index in [0.717, 1.165) is 44.1 Å². The Morgan fingerprint density at radius 1 is 1.08 bits per heavy atom. The van der Waals surface area contributed by atoms with Gasteiger partial charge in [0, 0.05) is 37.5 Å². The van der Waals surface area contributed by atoms with Crippen LogP contribution in [0.1, 0.15) is 48.9 Å². The lowest BCUT2D eigenvalue weighted by molar-refractivity contribution is -0.132. The molecule has 0 aromatic heterocycles. The van der Waals surface area contributed by atoms with Gasteiger partial charge in [0.2, 0.25) is 5.91 Å². The maximum atomic E-state index is 12.4. The first kappa shape index (κ1) is 17.9. The van der Waals surface area contributed by atoms with Crippen LogP contribution in [0.2, 0.25) is 0 Å². The van der Waals surface area contributed by atoms with E-state index in [0.29, 0.717) is 18.0 Å². The molecule has 0 unspecified atom stereocenters. The average molecular weight is 344 g/mol. The van der Waals surface area contributed by atoms with Gasteiger partial charge in [0.05, 0.1) is 7.11 Å². The molecule has 1 aliphatic heterocycles. The Morgan fingerprint density at radius 2 is 1.76 bits per heavy atom. The Bertz CT molecular complexity index is 587. The van der Waals surface area contributed by atoms with Crippen LogP contribution in [0.5, 0.6) is 5.75 Å². The fourth-order valence-corrected chi connectivity index (χ4v) is 3.29. The highest BCUT2D eigenvalue weighted by atomic mass is 16.5. The van der Waals surface area contributed by atoms with Crippen LogP contribution >= 0.6 is 0 Å². The van der Waals surface area contributed by atoms with Crippen LogP contribution in [0.15, 0.2) is 24.3 Å². The van der Waals surface area contributed by atoms with Gasteiger partial charge in [0.1, 0.15) is 5.75 Å². The Balaban J connectivity index is 1.37. The van der Waals surface area contributed by atoms with Crippen molar-refractivity contribution in [3.8, 4) is 5.75 Å². The number of methoxy groups -OCH3 is 1. The second-order valence-electron chi connectivity index (χ2n) is 7.16. The van der Waals surface area contributed by atoms with E-state index in [1.165, 1.54) is 12.8 Å². The lowest BCUT2D eigenvalue weighted by Crippen LogP contribution is -2.45. The minimum absolute atomic E-state index is 0.0111. The third kappa shape index (κ3) is 5.30. The van der Waals surface area contributed by atoms with Gasteiger partial charge in [-0.1, -0.05) is 0 Å². The Labute approximate surface area is 149 Å². The van der Waals surface area contributed by atoms with Gasteiger partial charge in [-0.2, -0.15) is 0 Å². The van der Waals surface area contributed by atoms with Crippen molar-refractivity contribution >= 4 is 11.7 Å². The summed E-state index contributed by atoms with van der Waals surface area (Å²) < 4.78 is 5.09. The molecule has 5 heteroatoms. The standard InChI is InChI=1S/C20H28N2O3/c1-25-18-6-4-16(5-7-18)19(23)8-9-20(24)22-12-10-17(11-13-22)21-14-15-2-3-15/h4-7,15,17,21H,2-3,8-14H2,1H3. The first-order chi connectivity index (χ1) is 12.2. The summed E-state index contributed by atoms with van der Waals surface area (Å²) in [5, 5.41) is 3.62. The van der Waals surface area contributed by atoms with Crippen LogP contribution in [0.4, 0.5) is 0 Å². The van der Waals surface area contributed by atoms with E-state index >= 15 is 0 Å². The van der Waals surface area contributed by atoms with E-state index in [-0.39, 0.29) is 18.1 Å². The largest absolute Gasteiger partial charge is 0.497 e. The van der Waals surface area contributed by atoms with Crippen LogP contribution in [-0.2, 0) is 4.79 Å². The second kappa shape index (κ2) is 8.48. The smallest absolute Gasteiger partial charge is 0.223 e. The number of ketones is 1. The SMILES string of the molecule is COc1ccc(C(=O)CCC(=O)N2CCC(NCC3CC3)CC2)cc1. The van der Waals surface area contributed by atoms with Crippen molar-refractivity contribution in [1.29, 1.82) is 0 Å². The van der Waals surface area contributed by atoms with Gasteiger partial charge in [-0.25, -0.2) is 0 Å². The molecule has 1 aromatic carbocycles. The quantitative estimate of drug-likeness (QED) is 0.737. The zero-order valence-corrected chi connectivity index (χ0v) is 15.0. The molecule has 3 rings (SSSR count). The molecule has 1 N–H and O–H groups in total. The lowest BCUT2D eigenvalue weighted by Gasteiger charge is -2.32. The molecular formula is C20H28N2O3. The molecule has 25 heavy (non-hydrogen) atoms. The van der Waals surface area contributed by atoms with E-state index in [1.54, 1.807) is 31.4 Å². The highest BCUT2D eigenvalue weighted by Crippen LogP contribution is 2.28. The summed E-state index contributed by atoms with van der Waals surface area (Å²) in [6.07, 6.45) is 5.34. The van der Waals surface area contributed by atoms with Gasteiger partial charge < -0.3 is 15.0 Å². The van der Waals surface area contributed by atoms with Crippen LogP contribution < -0.4 is 10.1 Å². The number of nitrogens with one attached hydrogen (secondary N) is 1. The molecular weight excluding hydrogens is 316 g/mol. The lowest BCUT2D eigenvalue weighted by atomic mass is 10.0. The first-order valence-electron chi connectivity index (χ1n) is 9.34. The van der Waals surface area contributed by atoms with Crippen molar-refractivity contribution in [2.45, 2.75) is 44.6 Å². The molecule has 136 valence electrons. The number of rotatable bonds is 8. The third-order valence-corrected chi connectivity index (χ3v) is 5.22. The normalized spacial score (nSPS) is 18.2. The molecule has 1 saturated heterocycles.